The Bertz CT molecular complexity index is 513. The minimum Gasteiger partial charge on any atom is -0.307 e. The molecule has 1 heterocycles. The van der Waals surface area contributed by atoms with Gasteiger partial charge in [0.15, 0.2) is 0 Å². The van der Waals surface area contributed by atoms with Gasteiger partial charge in [-0.15, -0.1) is 11.3 Å². The average Bonchev–Trinajstić information content (AvgIpc) is 2.71. The molecule has 0 spiro atoms. The maximum Gasteiger partial charge on any atom is 0.0656 e. The predicted octanol–water partition coefficient (Wildman–Crippen LogP) is 4.67. The number of thiophene rings is 1. The third-order valence-corrected chi connectivity index (χ3v) is 4.71. The third kappa shape index (κ3) is 3.33. The summed E-state index contributed by atoms with van der Waals surface area (Å²) in [6.45, 7) is 7.46. The molecule has 1 N–H and O–H groups in total. The molecule has 0 aliphatic rings. The molecule has 0 amide bonds. The second kappa shape index (κ2) is 6.17. The Balaban J connectivity index is 2.40. The van der Waals surface area contributed by atoms with Crippen molar-refractivity contribution in [3.63, 3.8) is 0 Å². The van der Waals surface area contributed by atoms with E-state index in [0.717, 1.165) is 6.54 Å². The highest BCUT2D eigenvalue weighted by atomic mass is 127. The Morgan fingerprint density at radius 1 is 1.11 bits per heavy atom. The molecule has 0 saturated heterocycles. The van der Waals surface area contributed by atoms with E-state index >= 15 is 0 Å². The highest BCUT2D eigenvalue weighted by Crippen LogP contribution is 2.28. The maximum absolute atomic E-state index is 3.59. The Morgan fingerprint density at radius 2 is 1.78 bits per heavy atom. The molecule has 1 nitrogen and oxygen atoms in total. The molecule has 1 atom stereocenters. The number of hydrogen-bond donors (Lipinski definition) is 1. The summed E-state index contributed by atoms with van der Waals surface area (Å²) in [5, 5.41) is 5.84. The molecule has 1 unspecified atom stereocenters. The van der Waals surface area contributed by atoms with E-state index < -0.39 is 0 Å². The van der Waals surface area contributed by atoms with Crippen LogP contribution in [0.15, 0.2) is 29.6 Å². The van der Waals surface area contributed by atoms with Gasteiger partial charge in [-0.1, -0.05) is 36.2 Å². The van der Waals surface area contributed by atoms with Gasteiger partial charge >= 0.3 is 0 Å². The van der Waals surface area contributed by atoms with Crippen molar-refractivity contribution >= 4 is 33.9 Å². The molecule has 0 aliphatic heterocycles. The highest BCUT2D eigenvalue weighted by Gasteiger charge is 2.14. The van der Waals surface area contributed by atoms with Crippen molar-refractivity contribution in [3.05, 3.63) is 54.8 Å². The lowest BCUT2D eigenvalue weighted by Gasteiger charge is -2.18. The predicted molar refractivity (Wildman–Crippen MR) is 88.5 cm³/mol. The fraction of sp³-hybridized carbons (Fsp3) is 0.333. The van der Waals surface area contributed by atoms with Crippen LogP contribution < -0.4 is 5.32 Å². The van der Waals surface area contributed by atoms with Crippen LogP contribution in [0.25, 0.3) is 0 Å². The Morgan fingerprint density at radius 3 is 2.28 bits per heavy atom. The number of rotatable bonds is 4. The van der Waals surface area contributed by atoms with E-state index in [9.17, 15) is 0 Å². The van der Waals surface area contributed by atoms with E-state index in [-0.39, 0.29) is 0 Å². The van der Waals surface area contributed by atoms with Gasteiger partial charge in [0, 0.05) is 0 Å². The molecule has 2 rings (SSSR count). The van der Waals surface area contributed by atoms with Crippen LogP contribution in [-0.4, -0.2) is 6.54 Å². The van der Waals surface area contributed by atoms with E-state index in [2.05, 4.69) is 78.3 Å². The van der Waals surface area contributed by atoms with E-state index in [1.54, 1.807) is 0 Å². The summed E-state index contributed by atoms with van der Waals surface area (Å²) < 4.78 is 1.34. The second-order valence-electron chi connectivity index (χ2n) is 4.60. The summed E-state index contributed by atoms with van der Waals surface area (Å²) in [5.41, 5.74) is 5.40. The van der Waals surface area contributed by atoms with Crippen molar-refractivity contribution in [1.82, 2.24) is 5.32 Å². The molecule has 0 radical (unpaired) electrons. The Labute approximate surface area is 127 Å². The lowest BCUT2D eigenvalue weighted by Crippen LogP contribution is -2.21. The molecule has 1 aromatic heterocycles. The second-order valence-corrected chi connectivity index (χ2v) is 7.40. The number of halogens is 1. The van der Waals surface area contributed by atoms with Crippen molar-refractivity contribution in [2.75, 3.05) is 6.54 Å². The third-order valence-electron chi connectivity index (χ3n) is 2.91. The molecule has 3 heteroatoms. The lowest BCUT2D eigenvalue weighted by atomic mass is 9.97. The minimum absolute atomic E-state index is 0.313. The molecule has 1 aromatic carbocycles. The van der Waals surface area contributed by atoms with Gasteiger partial charge in [0.05, 0.1) is 8.93 Å². The van der Waals surface area contributed by atoms with Crippen LogP contribution in [0.4, 0.5) is 0 Å². The number of aryl methyl sites for hydroxylation is 2. The summed E-state index contributed by atoms with van der Waals surface area (Å²) in [6.07, 6.45) is 0. The molecule has 0 fully saturated rings. The smallest absolute Gasteiger partial charge is 0.0656 e. The molecular weight excluding hydrogens is 353 g/mol. The van der Waals surface area contributed by atoms with Crippen LogP contribution in [-0.2, 0) is 0 Å². The van der Waals surface area contributed by atoms with Crippen LogP contribution >= 0.6 is 33.9 Å². The molecule has 0 saturated carbocycles. The normalized spacial score (nSPS) is 12.7. The van der Waals surface area contributed by atoms with Crippen LogP contribution in [0.3, 0.4) is 0 Å². The van der Waals surface area contributed by atoms with Gasteiger partial charge in [-0.2, -0.15) is 0 Å². The molecule has 2 aromatic rings. The Kier molecular flexibility index (Phi) is 4.81. The first-order valence-electron chi connectivity index (χ1n) is 6.15. The lowest BCUT2D eigenvalue weighted by molar-refractivity contribution is 0.631. The standard InChI is InChI=1S/C15H18INS/c1-4-17-15(13-8-14(16)18-9-13)12-6-10(2)5-11(3)7-12/h5-9,15,17H,4H2,1-3H3. The number of benzene rings is 1. The zero-order chi connectivity index (χ0) is 13.1. The van der Waals surface area contributed by atoms with E-state index in [1.807, 2.05) is 11.3 Å². The Hall–Kier alpha value is -0.390. The van der Waals surface area contributed by atoms with Crippen molar-refractivity contribution < 1.29 is 0 Å². The van der Waals surface area contributed by atoms with Crippen LogP contribution in [0.1, 0.15) is 35.2 Å². The minimum atomic E-state index is 0.313. The van der Waals surface area contributed by atoms with Crippen molar-refractivity contribution in [3.8, 4) is 0 Å². The molecule has 96 valence electrons. The van der Waals surface area contributed by atoms with Crippen LogP contribution in [0, 0.1) is 16.7 Å². The topological polar surface area (TPSA) is 12.0 Å². The number of hydrogen-bond acceptors (Lipinski definition) is 2. The average molecular weight is 371 g/mol. The fourth-order valence-corrected chi connectivity index (χ4v) is 3.68. The van der Waals surface area contributed by atoms with Crippen molar-refractivity contribution in [2.24, 2.45) is 0 Å². The molecule has 0 bridgehead atoms. The summed E-state index contributed by atoms with van der Waals surface area (Å²) in [7, 11) is 0. The molecular formula is C15H18INS. The van der Waals surface area contributed by atoms with Crippen molar-refractivity contribution in [1.29, 1.82) is 0 Å². The van der Waals surface area contributed by atoms with Crippen LogP contribution in [0.5, 0.6) is 0 Å². The zero-order valence-electron chi connectivity index (χ0n) is 11.0. The van der Waals surface area contributed by atoms with E-state index in [0.29, 0.717) is 6.04 Å². The van der Waals surface area contributed by atoms with Gasteiger partial charge in [-0.25, -0.2) is 0 Å². The molecule has 0 aliphatic carbocycles. The summed E-state index contributed by atoms with van der Waals surface area (Å²) in [5.74, 6) is 0. The largest absolute Gasteiger partial charge is 0.307 e. The summed E-state index contributed by atoms with van der Waals surface area (Å²) >= 11 is 4.19. The fourth-order valence-electron chi connectivity index (χ4n) is 2.28. The SMILES string of the molecule is CCNC(c1cc(C)cc(C)c1)c1csc(I)c1. The summed E-state index contributed by atoms with van der Waals surface area (Å²) in [4.78, 5) is 0. The quantitative estimate of drug-likeness (QED) is 0.771. The first kappa shape index (κ1) is 14.0. The first-order chi connectivity index (χ1) is 8.60. The van der Waals surface area contributed by atoms with E-state index in [4.69, 9.17) is 0 Å². The van der Waals surface area contributed by atoms with Crippen LogP contribution in [0.2, 0.25) is 0 Å². The van der Waals surface area contributed by atoms with Crippen molar-refractivity contribution in [2.45, 2.75) is 26.8 Å². The highest BCUT2D eigenvalue weighted by molar-refractivity contribution is 14.1. The van der Waals surface area contributed by atoms with Gasteiger partial charge in [0.2, 0.25) is 0 Å². The van der Waals surface area contributed by atoms with Gasteiger partial charge in [-0.3, -0.25) is 0 Å². The zero-order valence-corrected chi connectivity index (χ0v) is 13.9. The van der Waals surface area contributed by atoms with Gasteiger partial charge in [-0.05, 0) is 65.6 Å². The van der Waals surface area contributed by atoms with Gasteiger partial charge < -0.3 is 5.32 Å². The van der Waals surface area contributed by atoms with Gasteiger partial charge in [0.1, 0.15) is 0 Å². The maximum atomic E-state index is 3.59. The number of nitrogens with one attached hydrogen (secondary N) is 1. The van der Waals surface area contributed by atoms with E-state index in [1.165, 1.54) is 25.1 Å². The summed E-state index contributed by atoms with van der Waals surface area (Å²) in [6, 6.07) is 9.38. The monoisotopic (exact) mass is 371 g/mol. The van der Waals surface area contributed by atoms with Gasteiger partial charge in [0.25, 0.3) is 0 Å². The first-order valence-corrected chi connectivity index (χ1v) is 8.11. The molecule has 18 heavy (non-hydrogen) atoms.